The molecule has 0 saturated heterocycles. The molecular weight excluding hydrogens is 353 g/mol. The van der Waals surface area contributed by atoms with E-state index in [1.165, 1.54) is 0 Å². The Balaban J connectivity index is 2.51. The van der Waals surface area contributed by atoms with Gasteiger partial charge in [-0.15, -0.1) is 11.3 Å². The van der Waals surface area contributed by atoms with Crippen molar-refractivity contribution in [1.82, 2.24) is 5.32 Å². The SMILES string of the molecule is CC(C)(C)[Si](F)(c1cc2cccc(CNCC(=O)O)c2s1)C(C)(C)C. The van der Waals surface area contributed by atoms with Gasteiger partial charge in [-0.2, -0.15) is 0 Å². The molecule has 0 aliphatic rings. The van der Waals surface area contributed by atoms with Crippen LogP contribution in [-0.4, -0.2) is 26.0 Å². The highest BCUT2D eigenvalue weighted by atomic mass is 32.1. The van der Waals surface area contributed by atoms with E-state index in [1.54, 1.807) is 11.3 Å². The first-order valence-corrected chi connectivity index (χ1v) is 11.2. The van der Waals surface area contributed by atoms with Crippen molar-refractivity contribution in [3.05, 3.63) is 29.8 Å². The Morgan fingerprint density at radius 1 is 1.20 bits per heavy atom. The fourth-order valence-corrected chi connectivity index (χ4v) is 11.3. The number of carboxylic acid groups (broad SMARTS) is 1. The van der Waals surface area contributed by atoms with Gasteiger partial charge in [0.15, 0.2) is 0 Å². The molecule has 0 saturated carbocycles. The molecule has 1 heterocycles. The van der Waals surface area contributed by atoms with Gasteiger partial charge in [-0.05, 0) is 27.1 Å². The van der Waals surface area contributed by atoms with Crippen LogP contribution in [0.3, 0.4) is 0 Å². The summed E-state index contributed by atoms with van der Waals surface area (Å²) in [5.41, 5.74) is 1.02. The monoisotopic (exact) mass is 381 g/mol. The normalized spacial score (nSPS) is 13.4. The molecule has 3 nitrogen and oxygen atoms in total. The van der Waals surface area contributed by atoms with Crippen LogP contribution in [0.5, 0.6) is 0 Å². The molecule has 0 fully saturated rings. The highest BCUT2D eigenvalue weighted by molar-refractivity contribution is 7.31. The molecule has 0 atom stereocenters. The van der Waals surface area contributed by atoms with Gasteiger partial charge < -0.3 is 14.5 Å². The van der Waals surface area contributed by atoms with Crippen molar-refractivity contribution in [2.75, 3.05) is 6.54 Å². The third-order valence-electron chi connectivity index (χ3n) is 4.62. The first-order valence-electron chi connectivity index (χ1n) is 8.51. The van der Waals surface area contributed by atoms with Crippen molar-refractivity contribution in [3.8, 4) is 0 Å². The highest BCUT2D eigenvalue weighted by Crippen LogP contribution is 2.52. The molecule has 6 heteroatoms. The molecule has 2 rings (SSSR count). The smallest absolute Gasteiger partial charge is 0.317 e. The summed E-state index contributed by atoms with van der Waals surface area (Å²) < 4.78 is 18.4. The maximum Gasteiger partial charge on any atom is 0.317 e. The molecule has 0 spiro atoms. The van der Waals surface area contributed by atoms with Gasteiger partial charge in [0, 0.05) is 15.7 Å². The number of fused-ring (bicyclic) bond motifs is 1. The fourth-order valence-electron chi connectivity index (χ4n) is 3.60. The van der Waals surface area contributed by atoms with Crippen molar-refractivity contribution in [2.45, 2.75) is 58.2 Å². The highest BCUT2D eigenvalue weighted by Gasteiger charge is 2.57. The Hall–Kier alpha value is -1.24. The number of aliphatic carboxylic acids is 1. The molecule has 2 aromatic rings. The van der Waals surface area contributed by atoms with Crippen LogP contribution in [0.15, 0.2) is 24.3 Å². The Morgan fingerprint density at radius 3 is 2.32 bits per heavy atom. The Kier molecular flexibility index (Phi) is 5.47. The number of thiophene rings is 1. The Labute approximate surface area is 154 Å². The summed E-state index contributed by atoms with van der Waals surface area (Å²) in [6.45, 7) is 12.4. The minimum absolute atomic E-state index is 0.0829. The van der Waals surface area contributed by atoms with Gasteiger partial charge >= 0.3 is 5.97 Å². The van der Waals surface area contributed by atoms with E-state index in [-0.39, 0.29) is 6.54 Å². The summed E-state index contributed by atoms with van der Waals surface area (Å²) in [6, 6.07) is 7.96. The lowest BCUT2D eigenvalue weighted by atomic mass is 10.1. The van der Waals surface area contributed by atoms with Gasteiger partial charge in [-0.1, -0.05) is 59.7 Å². The molecule has 0 aliphatic heterocycles. The van der Waals surface area contributed by atoms with Gasteiger partial charge in [-0.25, -0.2) is 0 Å². The molecular formula is C19H28FNO2SSi. The van der Waals surface area contributed by atoms with Crippen LogP contribution in [0.25, 0.3) is 10.1 Å². The minimum atomic E-state index is -3.28. The summed E-state index contributed by atoms with van der Waals surface area (Å²) in [5, 5.41) is 11.9. The van der Waals surface area contributed by atoms with E-state index in [0.717, 1.165) is 20.2 Å². The predicted octanol–water partition coefficient (Wildman–Crippen LogP) is 4.80. The number of carbonyl (C=O) groups is 1. The van der Waals surface area contributed by atoms with Gasteiger partial charge in [0.25, 0.3) is 8.41 Å². The zero-order valence-corrected chi connectivity index (χ0v) is 17.7. The number of benzene rings is 1. The Bertz CT molecular complexity index is 760. The number of carboxylic acids is 1. The first kappa shape index (κ1) is 20.1. The lowest BCUT2D eigenvalue weighted by molar-refractivity contribution is -0.135. The van der Waals surface area contributed by atoms with Crippen LogP contribution in [0.1, 0.15) is 47.1 Å². The molecule has 0 amide bonds. The Morgan fingerprint density at radius 2 is 1.80 bits per heavy atom. The van der Waals surface area contributed by atoms with Crippen molar-refractivity contribution < 1.29 is 14.0 Å². The number of rotatable bonds is 5. The van der Waals surface area contributed by atoms with Gasteiger partial charge in [0.2, 0.25) is 0 Å². The largest absolute Gasteiger partial charge is 0.480 e. The van der Waals surface area contributed by atoms with Crippen LogP contribution in [-0.2, 0) is 11.3 Å². The van der Waals surface area contributed by atoms with Crippen LogP contribution in [0.4, 0.5) is 4.11 Å². The second-order valence-electron chi connectivity index (χ2n) is 8.60. The summed E-state index contributed by atoms with van der Waals surface area (Å²) in [6.07, 6.45) is 0. The van der Waals surface area contributed by atoms with Crippen molar-refractivity contribution in [1.29, 1.82) is 0 Å². The van der Waals surface area contributed by atoms with Crippen LogP contribution in [0, 0.1) is 0 Å². The third-order valence-corrected chi connectivity index (χ3v) is 11.8. The zero-order valence-electron chi connectivity index (χ0n) is 15.9. The van der Waals surface area contributed by atoms with Gasteiger partial charge in [0.05, 0.1) is 6.54 Å². The van der Waals surface area contributed by atoms with E-state index < -0.39 is 24.5 Å². The second kappa shape index (κ2) is 6.82. The van der Waals surface area contributed by atoms with Crippen LogP contribution >= 0.6 is 11.3 Å². The predicted molar refractivity (Wildman–Crippen MR) is 107 cm³/mol. The van der Waals surface area contributed by atoms with Crippen molar-refractivity contribution in [3.63, 3.8) is 0 Å². The van der Waals surface area contributed by atoms with Crippen LogP contribution < -0.4 is 9.82 Å². The average molecular weight is 382 g/mol. The van der Waals surface area contributed by atoms with E-state index in [0.29, 0.717) is 6.54 Å². The first-order chi connectivity index (χ1) is 11.4. The summed E-state index contributed by atoms with van der Waals surface area (Å²) >= 11 is 1.54. The van der Waals surface area contributed by atoms with Crippen molar-refractivity contribution in [2.24, 2.45) is 0 Å². The van der Waals surface area contributed by atoms with Gasteiger partial charge in [-0.3, -0.25) is 4.79 Å². The number of hydrogen-bond donors (Lipinski definition) is 2. The lowest BCUT2D eigenvalue weighted by Gasteiger charge is -2.43. The number of nitrogens with one attached hydrogen (secondary N) is 1. The van der Waals surface area contributed by atoms with Crippen LogP contribution in [0.2, 0.25) is 10.1 Å². The standard InChI is InChI=1S/C19H28FNO2SSi/c1-18(2,3)25(20,19(4,5)6)16-10-13-8-7-9-14(17(13)24-16)11-21-12-15(22)23/h7-10,21H,11-12H2,1-6H3,(H,22,23). The van der Waals surface area contributed by atoms with Gasteiger partial charge in [0.1, 0.15) is 0 Å². The summed E-state index contributed by atoms with van der Waals surface area (Å²) in [5.74, 6) is -0.880. The summed E-state index contributed by atoms with van der Waals surface area (Å²) in [4.78, 5) is 10.7. The third kappa shape index (κ3) is 3.81. The van der Waals surface area contributed by atoms with E-state index >= 15 is 4.11 Å². The molecule has 0 unspecified atom stereocenters. The molecule has 138 valence electrons. The average Bonchev–Trinajstić information content (AvgIpc) is 2.88. The lowest BCUT2D eigenvalue weighted by Crippen LogP contribution is -2.56. The summed E-state index contributed by atoms with van der Waals surface area (Å²) in [7, 11) is -3.28. The fraction of sp³-hybridized carbons (Fsp3) is 0.526. The van der Waals surface area contributed by atoms with E-state index in [9.17, 15) is 4.79 Å². The molecule has 25 heavy (non-hydrogen) atoms. The molecule has 0 radical (unpaired) electrons. The quantitative estimate of drug-likeness (QED) is 0.578. The van der Waals surface area contributed by atoms with E-state index in [4.69, 9.17) is 5.11 Å². The molecule has 0 aliphatic carbocycles. The number of hydrogen-bond acceptors (Lipinski definition) is 3. The molecule has 1 aromatic carbocycles. The topological polar surface area (TPSA) is 49.3 Å². The number of halogens is 1. The van der Waals surface area contributed by atoms with Crippen molar-refractivity contribution >= 4 is 40.3 Å². The molecule has 0 bridgehead atoms. The van der Waals surface area contributed by atoms with E-state index in [1.807, 2.05) is 65.8 Å². The zero-order chi connectivity index (χ0) is 19.0. The second-order valence-corrected chi connectivity index (χ2v) is 14.9. The minimum Gasteiger partial charge on any atom is -0.480 e. The maximum atomic E-state index is 16.5. The molecule has 2 N–H and O–H groups in total. The van der Waals surface area contributed by atoms with E-state index in [2.05, 4.69) is 5.32 Å². The maximum absolute atomic E-state index is 16.5. The molecule has 1 aromatic heterocycles.